The molecule has 2 N–H and O–H groups in total. The molecule has 1 aromatic heterocycles. The molecule has 0 spiro atoms. The van der Waals surface area contributed by atoms with E-state index in [1.54, 1.807) is 13.8 Å². The molecule has 0 fully saturated rings. The van der Waals surface area contributed by atoms with E-state index in [1.807, 2.05) is 31.2 Å². The second-order valence-electron chi connectivity index (χ2n) is 5.17. The Morgan fingerprint density at radius 2 is 2.18 bits per heavy atom. The molecule has 0 aliphatic carbocycles. The topological polar surface area (TPSA) is 92.3 Å². The number of ether oxygens (including phenoxy) is 2. The predicted molar refractivity (Wildman–Crippen MR) is 81.7 cm³/mol. The van der Waals surface area contributed by atoms with Gasteiger partial charge in [-0.05, 0) is 38.5 Å². The molecule has 0 radical (unpaired) electrons. The normalized spacial score (nSPS) is 10.7. The summed E-state index contributed by atoms with van der Waals surface area (Å²) >= 11 is 0. The standard InChI is InChI=1S/C15H20N4O3/c1-10(2)22-15(20)13-14(16)19(18-17-13)7-8-21-12-6-4-5-11(3)9-12/h4-6,9-10H,7-8,16H2,1-3H3. The zero-order chi connectivity index (χ0) is 16.1. The van der Waals surface area contributed by atoms with E-state index >= 15 is 0 Å². The lowest BCUT2D eigenvalue weighted by Crippen LogP contribution is -2.15. The SMILES string of the molecule is Cc1cccc(OCCn2nnc(C(=O)OC(C)C)c2N)c1. The maximum Gasteiger partial charge on any atom is 0.363 e. The summed E-state index contributed by atoms with van der Waals surface area (Å²) in [5, 5.41) is 7.62. The second kappa shape index (κ2) is 6.93. The Labute approximate surface area is 129 Å². The molecule has 0 aliphatic heterocycles. The fourth-order valence-corrected chi connectivity index (χ4v) is 1.86. The van der Waals surface area contributed by atoms with Crippen molar-refractivity contribution in [2.75, 3.05) is 12.3 Å². The minimum absolute atomic E-state index is 0.0317. The molecular formula is C15H20N4O3. The van der Waals surface area contributed by atoms with Gasteiger partial charge < -0.3 is 15.2 Å². The van der Waals surface area contributed by atoms with Crippen molar-refractivity contribution >= 4 is 11.8 Å². The van der Waals surface area contributed by atoms with Gasteiger partial charge in [0.25, 0.3) is 0 Å². The van der Waals surface area contributed by atoms with E-state index in [9.17, 15) is 4.79 Å². The molecule has 0 amide bonds. The third-order valence-electron chi connectivity index (χ3n) is 2.87. The molecule has 0 saturated heterocycles. The van der Waals surface area contributed by atoms with Gasteiger partial charge in [0, 0.05) is 0 Å². The van der Waals surface area contributed by atoms with Crippen molar-refractivity contribution in [2.24, 2.45) is 0 Å². The van der Waals surface area contributed by atoms with Gasteiger partial charge in [-0.25, -0.2) is 9.48 Å². The van der Waals surface area contributed by atoms with Crippen molar-refractivity contribution < 1.29 is 14.3 Å². The van der Waals surface area contributed by atoms with Crippen LogP contribution < -0.4 is 10.5 Å². The number of nitrogens with zero attached hydrogens (tertiary/aromatic N) is 3. The number of nitrogens with two attached hydrogens (primary N) is 1. The van der Waals surface area contributed by atoms with Crippen LogP contribution in [0.3, 0.4) is 0 Å². The number of aromatic nitrogens is 3. The number of rotatable bonds is 6. The van der Waals surface area contributed by atoms with Crippen molar-refractivity contribution in [3.8, 4) is 5.75 Å². The fraction of sp³-hybridized carbons (Fsp3) is 0.400. The van der Waals surface area contributed by atoms with E-state index in [2.05, 4.69) is 10.3 Å². The minimum atomic E-state index is -0.571. The van der Waals surface area contributed by atoms with Crippen LogP contribution in [0.4, 0.5) is 5.82 Å². The van der Waals surface area contributed by atoms with Crippen LogP contribution in [0.25, 0.3) is 0 Å². The number of carbonyl (C=O) groups is 1. The van der Waals surface area contributed by atoms with E-state index in [0.29, 0.717) is 13.2 Å². The van der Waals surface area contributed by atoms with Gasteiger partial charge in [0.2, 0.25) is 5.69 Å². The second-order valence-corrected chi connectivity index (χ2v) is 5.17. The number of hydrogen-bond acceptors (Lipinski definition) is 6. The number of hydrogen-bond donors (Lipinski definition) is 1. The molecule has 7 nitrogen and oxygen atoms in total. The first-order valence-electron chi connectivity index (χ1n) is 7.06. The Kier molecular flexibility index (Phi) is 4.98. The summed E-state index contributed by atoms with van der Waals surface area (Å²) in [6, 6.07) is 7.74. The van der Waals surface area contributed by atoms with Gasteiger partial charge in [0.1, 0.15) is 12.4 Å². The lowest BCUT2D eigenvalue weighted by atomic mass is 10.2. The smallest absolute Gasteiger partial charge is 0.363 e. The number of anilines is 1. The average molecular weight is 304 g/mol. The molecule has 0 saturated carbocycles. The monoisotopic (exact) mass is 304 g/mol. The van der Waals surface area contributed by atoms with Gasteiger partial charge in [0.05, 0.1) is 12.6 Å². The number of aryl methyl sites for hydroxylation is 1. The van der Waals surface area contributed by atoms with Gasteiger partial charge >= 0.3 is 5.97 Å². The van der Waals surface area contributed by atoms with Crippen LogP contribution in [0.2, 0.25) is 0 Å². The summed E-state index contributed by atoms with van der Waals surface area (Å²) in [7, 11) is 0. The highest BCUT2D eigenvalue weighted by atomic mass is 16.5. The third-order valence-corrected chi connectivity index (χ3v) is 2.87. The van der Waals surface area contributed by atoms with Crippen molar-refractivity contribution in [2.45, 2.75) is 33.4 Å². The van der Waals surface area contributed by atoms with Crippen LogP contribution in [0.5, 0.6) is 5.75 Å². The number of benzene rings is 1. The number of carbonyl (C=O) groups excluding carboxylic acids is 1. The third kappa shape index (κ3) is 3.97. The van der Waals surface area contributed by atoms with Gasteiger partial charge in [-0.3, -0.25) is 0 Å². The van der Waals surface area contributed by atoms with E-state index in [4.69, 9.17) is 15.2 Å². The summed E-state index contributed by atoms with van der Waals surface area (Å²) in [6.45, 7) is 6.27. The Morgan fingerprint density at radius 3 is 2.86 bits per heavy atom. The summed E-state index contributed by atoms with van der Waals surface area (Å²) < 4.78 is 12.1. The van der Waals surface area contributed by atoms with E-state index in [0.717, 1.165) is 11.3 Å². The van der Waals surface area contributed by atoms with Crippen LogP contribution in [0.1, 0.15) is 29.9 Å². The number of esters is 1. The molecule has 0 unspecified atom stereocenters. The lowest BCUT2D eigenvalue weighted by Gasteiger charge is -2.08. The summed E-state index contributed by atoms with van der Waals surface area (Å²) in [5.74, 6) is 0.384. The highest BCUT2D eigenvalue weighted by Gasteiger charge is 2.19. The fourth-order valence-electron chi connectivity index (χ4n) is 1.86. The molecule has 0 bridgehead atoms. The van der Waals surface area contributed by atoms with Crippen LogP contribution in [0, 0.1) is 6.92 Å². The molecule has 1 aromatic carbocycles. The lowest BCUT2D eigenvalue weighted by molar-refractivity contribution is 0.0372. The Bertz CT molecular complexity index is 652. The van der Waals surface area contributed by atoms with Crippen molar-refractivity contribution in [1.82, 2.24) is 15.0 Å². The van der Waals surface area contributed by atoms with Crippen LogP contribution in [0.15, 0.2) is 24.3 Å². The highest BCUT2D eigenvalue weighted by molar-refractivity contribution is 5.91. The van der Waals surface area contributed by atoms with Crippen molar-refractivity contribution in [1.29, 1.82) is 0 Å². The van der Waals surface area contributed by atoms with Crippen LogP contribution >= 0.6 is 0 Å². The number of nitrogen functional groups attached to an aromatic ring is 1. The average Bonchev–Trinajstić information content (AvgIpc) is 2.80. The van der Waals surface area contributed by atoms with Crippen molar-refractivity contribution in [3.05, 3.63) is 35.5 Å². The van der Waals surface area contributed by atoms with Gasteiger partial charge in [-0.15, -0.1) is 5.10 Å². The molecule has 1 heterocycles. The van der Waals surface area contributed by atoms with Crippen LogP contribution in [-0.4, -0.2) is 33.7 Å². The summed E-state index contributed by atoms with van der Waals surface area (Å²) in [6.07, 6.45) is -0.235. The molecule has 2 rings (SSSR count). The zero-order valence-corrected chi connectivity index (χ0v) is 12.9. The van der Waals surface area contributed by atoms with Crippen LogP contribution in [-0.2, 0) is 11.3 Å². The first-order valence-corrected chi connectivity index (χ1v) is 7.06. The van der Waals surface area contributed by atoms with E-state index in [-0.39, 0.29) is 17.6 Å². The molecular weight excluding hydrogens is 284 g/mol. The Balaban J connectivity index is 1.94. The van der Waals surface area contributed by atoms with E-state index in [1.165, 1.54) is 4.68 Å². The van der Waals surface area contributed by atoms with E-state index < -0.39 is 5.97 Å². The Hall–Kier alpha value is -2.57. The van der Waals surface area contributed by atoms with Gasteiger partial charge in [-0.1, -0.05) is 17.3 Å². The predicted octanol–water partition coefficient (Wildman–Crippen LogP) is 1.81. The maximum atomic E-state index is 11.8. The largest absolute Gasteiger partial charge is 0.492 e. The molecule has 0 atom stereocenters. The molecule has 118 valence electrons. The van der Waals surface area contributed by atoms with Crippen molar-refractivity contribution in [3.63, 3.8) is 0 Å². The molecule has 0 aliphatic rings. The first kappa shape index (κ1) is 15.8. The quantitative estimate of drug-likeness (QED) is 0.818. The Morgan fingerprint density at radius 1 is 1.41 bits per heavy atom. The summed E-state index contributed by atoms with van der Waals surface area (Å²) in [4.78, 5) is 11.8. The molecule has 22 heavy (non-hydrogen) atoms. The van der Waals surface area contributed by atoms with Gasteiger partial charge in [-0.2, -0.15) is 0 Å². The molecule has 7 heteroatoms. The molecule has 2 aromatic rings. The maximum absolute atomic E-state index is 11.8. The minimum Gasteiger partial charge on any atom is -0.492 e. The highest BCUT2D eigenvalue weighted by Crippen LogP contribution is 2.13. The summed E-state index contributed by atoms with van der Waals surface area (Å²) in [5.41, 5.74) is 7.02. The first-order chi connectivity index (χ1) is 10.5. The zero-order valence-electron chi connectivity index (χ0n) is 12.9. The van der Waals surface area contributed by atoms with Gasteiger partial charge in [0.15, 0.2) is 5.82 Å².